The molecule has 0 radical (unpaired) electrons. The van der Waals surface area contributed by atoms with Crippen LogP contribution in [0.25, 0.3) is 0 Å². The van der Waals surface area contributed by atoms with Gasteiger partial charge in [-0.05, 0) is 33.3 Å². The summed E-state index contributed by atoms with van der Waals surface area (Å²) in [5.41, 5.74) is -0.126. The fraction of sp³-hybridized carbons (Fsp3) is 0.538. The van der Waals surface area contributed by atoms with Crippen LogP contribution in [0.1, 0.15) is 39.1 Å². The lowest BCUT2D eigenvalue weighted by atomic mass is 10.2. The molecule has 102 valence electrons. The standard InChI is InChI=1S/C13H21O4P/c1-5-16-18(15,17-13(2,3)4)12(14)11-9-7-6-8-10-11/h6-10,12,14H,5H2,1-4H3. The lowest BCUT2D eigenvalue weighted by molar-refractivity contribution is 0.0696. The molecule has 0 spiro atoms. The zero-order valence-corrected chi connectivity index (χ0v) is 12.2. The Labute approximate surface area is 108 Å². The van der Waals surface area contributed by atoms with Crippen molar-refractivity contribution in [2.24, 2.45) is 0 Å². The molecule has 4 nitrogen and oxygen atoms in total. The van der Waals surface area contributed by atoms with E-state index in [0.717, 1.165) is 0 Å². The fourth-order valence-electron chi connectivity index (χ4n) is 1.52. The van der Waals surface area contributed by atoms with Gasteiger partial charge in [0.1, 0.15) is 0 Å². The van der Waals surface area contributed by atoms with Gasteiger partial charge in [-0.25, -0.2) is 0 Å². The normalized spacial score (nSPS) is 17.2. The highest BCUT2D eigenvalue weighted by atomic mass is 31.2. The molecule has 0 heterocycles. The molecule has 1 rings (SSSR count). The maximum Gasteiger partial charge on any atom is 0.363 e. The SMILES string of the molecule is CCOP(=O)(OC(C)(C)C)C(O)c1ccccc1. The summed E-state index contributed by atoms with van der Waals surface area (Å²) in [6.07, 6.45) is 0. The summed E-state index contributed by atoms with van der Waals surface area (Å²) in [5, 5.41) is 10.2. The Morgan fingerprint density at radius 3 is 2.28 bits per heavy atom. The molecule has 1 aromatic rings. The molecule has 0 aliphatic rings. The molecule has 0 saturated carbocycles. The third kappa shape index (κ3) is 4.21. The van der Waals surface area contributed by atoms with E-state index in [2.05, 4.69) is 0 Å². The highest BCUT2D eigenvalue weighted by Gasteiger charge is 2.39. The maximum absolute atomic E-state index is 12.6. The summed E-state index contributed by atoms with van der Waals surface area (Å²) >= 11 is 0. The molecule has 0 aliphatic carbocycles. The Bertz CT molecular complexity index is 411. The van der Waals surface area contributed by atoms with Crippen LogP contribution >= 0.6 is 7.60 Å². The second-order valence-corrected chi connectivity index (χ2v) is 6.96. The monoisotopic (exact) mass is 272 g/mol. The van der Waals surface area contributed by atoms with E-state index < -0.39 is 19.0 Å². The maximum atomic E-state index is 12.6. The van der Waals surface area contributed by atoms with Crippen molar-refractivity contribution in [2.75, 3.05) is 6.61 Å². The van der Waals surface area contributed by atoms with E-state index in [1.807, 2.05) is 6.07 Å². The Morgan fingerprint density at radius 2 is 1.83 bits per heavy atom. The molecule has 0 amide bonds. The van der Waals surface area contributed by atoms with Gasteiger partial charge in [0.15, 0.2) is 5.85 Å². The summed E-state index contributed by atoms with van der Waals surface area (Å²) in [6.45, 7) is 7.26. The van der Waals surface area contributed by atoms with Crippen LogP contribution in [0.15, 0.2) is 30.3 Å². The molecule has 5 heteroatoms. The van der Waals surface area contributed by atoms with E-state index in [1.165, 1.54) is 0 Å². The molecule has 0 fully saturated rings. The summed E-state index contributed by atoms with van der Waals surface area (Å²) < 4.78 is 23.3. The van der Waals surface area contributed by atoms with Crippen molar-refractivity contribution in [1.82, 2.24) is 0 Å². The van der Waals surface area contributed by atoms with Crippen molar-refractivity contribution in [1.29, 1.82) is 0 Å². The predicted octanol–water partition coefficient (Wildman–Crippen LogP) is 3.72. The number of hydrogen-bond donors (Lipinski definition) is 1. The van der Waals surface area contributed by atoms with Crippen LogP contribution in [-0.4, -0.2) is 17.3 Å². The van der Waals surface area contributed by atoms with Crippen molar-refractivity contribution in [3.05, 3.63) is 35.9 Å². The molecular weight excluding hydrogens is 251 g/mol. The van der Waals surface area contributed by atoms with Crippen molar-refractivity contribution in [3.8, 4) is 0 Å². The number of aliphatic hydroxyl groups excluding tert-OH is 1. The van der Waals surface area contributed by atoms with Gasteiger partial charge in [-0.1, -0.05) is 30.3 Å². The fourth-order valence-corrected chi connectivity index (χ4v) is 3.47. The molecule has 1 N–H and O–H groups in total. The molecule has 2 atom stereocenters. The molecule has 18 heavy (non-hydrogen) atoms. The Hall–Kier alpha value is -0.670. The van der Waals surface area contributed by atoms with Crippen LogP contribution < -0.4 is 0 Å². The highest BCUT2D eigenvalue weighted by molar-refractivity contribution is 7.54. The highest BCUT2D eigenvalue weighted by Crippen LogP contribution is 2.61. The van der Waals surface area contributed by atoms with E-state index in [-0.39, 0.29) is 6.61 Å². The Morgan fingerprint density at radius 1 is 1.28 bits per heavy atom. The van der Waals surface area contributed by atoms with Crippen molar-refractivity contribution >= 4 is 7.60 Å². The van der Waals surface area contributed by atoms with Gasteiger partial charge < -0.3 is 14.2 Å². The summed E-state index contributed by atoms with van der Waals surface area (Å²) in [5.74, 6) is -1.27. The van der Waals surface area contributed by atoms with Crippen LogP contribution in [0.4, 0.5) is 0 Å². The molecule has 2 unspecified atom stereocenters. The lowest BCUT2D eigenvalue weighted by Gasteiger charge is -2.29. The van der Waals surface area contributed by atoms with Crippen molar-refractivity contribution < 1.29 is 18.7 Å². The number of rotatable bonds is 5. The van der Waals surface area contributed by atoms with Gasteiger partial charge in [0.05, 0.1) is 12.2 Å². The van der Waals surface area contributed by atoms with Crippen LogP contribution in [-0.2, 0) is 13.6 Å². The number of aliphatic hydroxyl groups is 1. The first-order valence-electron chi connectivity index (χ1n) is 5.96. The van der Waals surface area contributed by atoms with E-state index in [4.69, 9.17) is 9.05 Å². The van der Waals surface area contributed by atoms with Gasteiger partial charge in [0.25, 0.3) is 0 Å². The average Bonchev–Trinajstić information content (AvgIpc) is 2.27. The zero-order valence-electron chi connectivity index (χ0n) is 11.3. The second kappa shape index (κ2) is 5.98. The van der Waals surface area contributed by atoms with Crippen molar-refractivity contribution in [2.45, 2.75) is 39.1 Å². The van der Waals surface area contributed by atoms with Crippen LogP contribution in [0, 0.1) is 0 Å². The summed E-state index contributed by atoms with van der Waals surface area (Å²) in [7, 11) is -3.60. The Kier molecular flexibility index (Phi) is 5.11. The van der Waals surface area contributed by atoms with Gasteiger partial charge >= 0.3 is 7.60 Å². The molecule has 1 aromatic carbocycles. The smallest absolute Gasteiger partial charge is 0.363 e. The summed E-state index contributed by atoms with van der Waals surface area (Å²) in [4.78, 5) is 0. The van der Waals surface area contributed by atoms with Gasteiger partial charge in [0.2, 0.25) is 0 Å². The van der Waals surface area contributed by atoms with Crippen LogP contribution in [0.3, 0.4) is 0 Å². The topological polar surface area (TPSA) is 55.8 Å². The molecule has 0 bridgehead atoms. The zero-order chi connectivity index (χ0) is 13.8. The minimum absolute atomic E-state index is 0.219. The molecular formula is C13H21O4P. The average molecular weight is 272 g/mol. The van der Waals surface area contributed by atoms with Crippen molar-refractivity contribution in [3.63, 3.8) is 0 Å². The van der Waals surface area contributed by atoms with E-state index >= 15 is 0 Å². The Balaban J connectivity index is 3.01. The third-order valence-electron chi connectivity index (χ3n) is 2.11. The summed E-state index contributed by atoms with van der Waals surface area (Å²) in [6, 6.07) is 8.76. The minimum Gasteiger partial charge on any atom is -0.376 e. The van der Waals surface area contributed by atoms with Crippen LogP contribution in [0.5, 0.6) is 0 Å². The first kappa shape index (κ1) is 15.4. The lowest BCUT2D eigenvalue weighted by Crippen LogP contribution is -2.20. The van der Waals surface area contributed by atoms with E-state index in [0.29, 0.717) is 5.56 Å². The van der Waals surface area contributed by atoms with E-state index in [1.54, 1.807) is 52.0 Å². The van der Waals surface area contributed by atoms with Gasteiger partial charge in [-0.2, -0.15) is 0 Å². The number of benzene rings is 1. The molecule has 0 aliphatic heterocycles. The third-order valence-corrected chi connectivity index (χ3v) is 4.42. The van der Waals surface area contributed by atoms with Crippen LogP contribution in [0.2, 0.25) is 0 Å². The first-order valence-corrected chi connectivity index (χ1v) is 7.58. The molecule has 0 aromatic heterocycles. The van der Waals surface area contributed by atoms with E-state index in [9.17, 15) is 9.67 Å². The van der Waals surface area contributed by atoms with Gasteiger partial charge in [0, 0.05) is 0 Å². The first-order chi connectivity index (χ1) is 8.28. The quantitative estimate of drug-likeness (QED) is 0.830. The largest absolute Gasteiger partial charge is 0.376 e. The minimum atomic E-state index is -3.60. The number of hydrogen-bond acceptors (Lipinski definition) is 4. The van der Waals surface area contributed by atoms with Gasteiger partial charge in [-0.3, -0.25) is 4.57 Å². The predicted molar refractivity (Wildman–Crippen MR) is 71.5 cm³/mol. The second-order valence-electron chi connectivity index (χ2n) is 4.95. The van der Waals surface area contributed by atoms with Gasteiger partial charge in [-0.15, -0.1) is 0 Å². The molecule has 0 saturated heterocycles.